The molecule has 0 saturated heterocycles. The molecule has 3 rings (SSSR count). The molecule has 1 heterocycles. The predicted octanol–water partition coefficient (Wildman–Crippen LogP) is 3.75. The number of nitrogens with zero attached hydrogens (tertiary/aromatic N) is 5. The monoisotopic (exact) mass is 419 g/mol. The summed E-state index contributed by atoms with van der Waals surface area (Å²) in [5.74, 6) is 0.00241. The van der Waals surface area contributed by atoms with Crippen LogP contribution in [0.15, 0.2) is 48.5 Å². The molecule has 0 aliphatic rings. The van der Waals surface area contributed by atoms with E-state index in [1.807, 2.05) is 53.4 Å². The van der Waals surface area contributed by atoms with E-state index in [4.69, 9.17) is 27.9 Å². The standard InChI is InChI=1S/C19H19Cl2N5O2/c1-2-28-18(27)13-26-23-19(22-24-26)25(11-14-3-7-16(20)8-4-14)12-15-5-9-17(21)10-6-15/h3-10H,2,11-13H2,1H3. The van der Waals surface area contributed by atoms with Gasteiger partial charge in [0.25, 0.3) is 5.95 Å². The molecule has 0 spiro atoms. The highest BCUT2D eigenvalue weighted by Gasteiger charge is 2.16. The van der Waals surface area contributed by atoms with E-state index in [0.717, 1.165) is 11.1 Å². The number of benzene rings is 2. The third-order valence-electron chi connectivity index (χ3n) is 3.87. The number of halogens is 2. The van der Waals surface area contributed by atoms with Crippen molar-refractivity contribution in [3.63, 3.8) is 0 Å². The molecule has 0 N–H and O–H groups in total. The van der Waals surface area contributed by atoms with Crippen molar-refractivity contribution in [1.29, 1.82) is 0 Å². The van der Waals surface area contributed by atoms with Gasteiger partial charge in [-0.25, -0.2) is 4.79 Å². The highest BCUT2D eigenvalue weighted by atomic mass is 35.5. The fourth-order valence-corrected chi connectivity index (χ4v) is 2.82. The minimum atomic E-state index is -0.409. The molecule has 0 fully saturated rings. The lowest BCUT2D eigenvalue weighted by Crippen LogP contribution is -2.24. The first-order valence-electron chi connectivity index (χ1n) is 8.70. The maximum atomic E-state index is 11.6. The number of hydrogen-bond donors (Lipinski definition) is 0. The average molecular weight is 420 g/mol. The van der Waals surface area contributed by atoms with Gasteiger partial charge in [0.1, 0.15) is 0 Å². The summed E-state index contributed by atoms with van der Waals surface area (Å²) in [5.41, 5.74) is 2.08. The molecule has 0 radical (unpaired) electrons. The fraction of sp³-hybridized carbons (Fsp3) is 0.263. The Hall–Kier alpha value is -2.64. The van der Waals surface area contributed by atoms with E-state index in [-0.39, 0.29) is 6.54 Å². The number of carbonyl (C=O) groups excluding carboxylic acids is 1. The first kappa shape index (κ1) is 20.1. The van der Waals surface area contributed by atoms with Crippen LogP contribution in [0.1, 0.15) is 18.1 Å². The molecule has 3 aromatic rings. The maximum absolute atomic E-state index is 11.6. The lowest BCUT2D eigenvalue weighted by molar-refractivity contribution is -0.144. The summed E-state index contributed by atoms with van der Waals surface area (Å²) in [6, 6.07) is 15.1. The molecule has 9 heteroatoms. The van der Waals surface area contributed by atoms with E-state index in [1.54, 1.807) is 6.92 Å². The predicted molar refractivity (Wildman–Crippen MR) is 107 cm³/mol. The number of anilines is 1. The molecular weight excluding hydrogens is 401 g/mol. The van der Waals surface area contributed by atoms with E-state index < -0.39 is 5.97 Å². The van der Waals surface area contributed by atoms with Crippen molar-refractivity contribution in [2.24, 2.45) is 0 Å². The van der Waals surface area contributed by atoms with Gasteiger partial charge in [0.05, 0.1) is 6.61 Å². The summed E-state index contributed by atoms with van der Waals surface area (Å²) in [5, 5.41) is 13.7. The summed E-state index contributed by atoms with van der Waals surface area (Å²) >= 11 is 12.0. The second kappa shape index (κ2) is 9.52. The molecule has 0 atom stereocenters. The lowest BCUT2D eigenvalue weighted by Gasteiger charge is -2.21. The molecule has 0 aliphatic carbocycles. The first-order chi connectivity index (χ1) is 13.5. The SMILES string of the molecule is CCOC(=O)Cn1nnc(N(Cc2ccc(Cl)cc2)Cc2ccc(Cl)cc2)n1. The summed E-state index contributed by atoms with van der Waals surface area (Å²) in [6.07, 6.45) is 0. The number of esters is 1. The molecule has 7 nitrogen and oxygen atoms in total. The van der Waals surface area contributed by atoms with Crippen LogP contribution in [0.25, 0.3) is 0 Å². The van der Waals surface area contributed by atoms with E-state index >= 15 is 0 Å². The van der Waals surface area contributed by atoms with Crippen LogP contribution in [-0.4, -0.2) is 32.8 Å². The van der Waals surface area contributed by atoms with Crippen LogP contribution in [0.3, 0.4) is 0 Å². The number of tetrazole rings is 1. The number of carbonyl (C=O) groups is 1. The minimum absolute atomic E-state index is 0.0867. The molecule has 2 aromatic carbocycles. The van der Waals surface area contributed by atoms with Gasteiger partial charge in [-0.1, -0.05) is 52.6 Å². The second-order valence-electron chi connectivity index (χ2n) is 6.03. The van der Waals surface area contributed by atoms with Crippen LogP contribution >= 0.6 is 23.2 Å². The van der Waals surface area contributed by atoms with Gasteiger partial charge < -0.3 is 9.64 Å². The van der Waals surface area contributed by atoms with E-state index in [9.17, 15) is 4.79 Å². The number of aromatic nitrogens is 4. The van der Waals surface area contributed by atoms with Gasteiger partial charge in [-0.3, -0.25) is 0 Å². The Kier molecular flexibility index (Phi) is 6.84. The van der Waals surface area contributed by atoms with Crippen LogP contribution < -0.4 is 4.90 Å². The Morgan fingerprint density at radius 3 is 2.04 bits per heavy atom. The van der Waals surface area contributed by atoms with Gasteiger partial charge in [0, 0.05) is 23.1 Å². The van der Waals surface area contributed by atoms with Crippen molar-refractivity contribution >= 4 is 35.1 Å². The van der Waals surface area contributed by atoms with Gasteiger partial charge in [-0.15, -0.1) is 5.10 Å². The van der Waals surface area contributed by atoms with Crippen molar-refractivity contribution in [3.05, 3.63) is 69.7 Å². The molecule has 1 aromatic heterocycles. The Bertz CT molecular complexity index is 865. The molecule has 0 saturated carbocycles. The second-order valence-corrected chi connectivity index (χ2v) is 6.91. The van der Waals surface area contributed by atoms with Gasteiger partial charge >= 0.3 is 5.97 Å². The van der Waals surface area contributed by atoms with Gasteiger partial charge in [0.15, 0.2) is 6.54 Å². The van der Waals surface area contributed by atoms with Crippen LogP contribution in [0.5, 0.6) is 0 Å². The molecule has 28 heavy (non-hydrogen) atoms. The zero-order chi connectivity index (χ0) is 19.9. The van der Waals surface area contributed by atoms with Crippen molar-refractivity contribution < 1.29 is 9.53 Å². The quantitative estimate of drug-likeness (QED) is 0.517. The number of rotatable bonds is 8. The van der Waals surface area contributed by atoms with E-state index in [2.05, 4.69) is 15.4 Å². The molecule has 0 aliphatic heterocycles. The third kappa shape index (κ3) is 5.68. The van der Waals surface area contributed by atoms with Gasteiger partial charge in [-0.2, -0.15) is 4.80 Å². The Morgan fingerprint density at radius 2 is 1.54 bits per heavy atom. The third-order valence-corrected chi connectivity index (χ3v) is 4.38. The van der Waals surface area contributed by atoms with Crippen molar-refractivity contribution in [2.75, 3.05) is 11.5 Å². The molecule has 0 bridgehead atoms. The van der Waals surface area contributed by atoms with E-state index in [0.29, 0.717) is 35.7 Å². The highest BCUT2D eigenvalue weighted by molar-refractivity contribution is 6.30. The summed E-state index contributed by atoms with van der Waals surface area (Å²) in [4.78, 5) is 14.8. The first-order valence-corrected chi connectivity index (χ1v) is 9.46. The van der Waals surface area contributed by atoms with E-state index in [1.165, 1.54) is 4.80 Å². The highest BCUT2D eigenvalue weighted by Crippen LogP contribution is 2.18. The van der Waals surface area contributed by atoms with Crippen LogP contribution in [-0.2, 0) is 29.2 Å². The molecule has 146 valence electrons. The molecular formula is C19H19Cl2N5O2. The van der Waals surface area contributed by atoms with Crippen molar-refractivity contribution in [1.82, 2.24) is 20.2 Å². The summed E-state index contributed by atoms with van der Waals surface area (Å²) in [7, 11) is 0. The van der Waals surface area contributed by atoms with Crippen LogP contribution in [0.4, 0.5) is 5.95 Å². The maximum Gasteiger partial charge on any atom is 0.329 e. The summed E-state index contributed by atoms with van der Waals surface area (Å²) < 4.78 is 4.92. The number of hydrogen-bond acceptors (Lipinski definition) is 6. The number of ether oxygens (including phenoxy) is 1. The Morgan fingerprint density at radius 1 is 1.00 bits per heavy atom. The minimum Gasteiger partial charge on any atom is -0.465 e. The summed E-state index contributed by atoms with van der Waals surface area (Å²) in [6.45, 7) is 3.06. The topological polar surface area (TPSA) is 73.1 Å². The smallest absolute Gasteiger partial charge is 0.329 e. The fourth-order valence-electron chi connectivity index (χ4n) is 2.57. The molecule has 0 amide bonds. The van der Waals surface area contributed by atoms with Crippen molar-refractivity contribution in [2.45, 2.75) is 26.6 Å². The normalized spacial score (nSPS) is 10.7. The average Bonchev–Trinajstić information content (AvgIpc) is 3.13. The largest absolute Gasteiger partial charge is 0.465 e. The molecule has 0 unspecified atom stereocenters. The van der Waals surface area contributed by atoms with Crippen molar-refractivity contribution in [3.8, 4) is 0 Å². The Balaban J connectivity index is 1.80. The van der Waals surface area contributed by atoms with Crippen LogP contribution in [0.2, 0.25) is 10.0 Å². The zero-order valence-electron chi connectivity index (χ0n) is 15.3. The van der Waals surface area contributed by atoms with Crippen LogP contribution in [0, 0.1) is 0 Å². The Labute approximate surface area is 172 Å². The zero-order valence-corrected chi connectivity index (χ0v) is 16.8. The lowest BCUT2D eigenvalue weighted by atomic mass is 10.2. The van der Waals surface area contributed by atoms with Gasteiger partial charge in [-0.05, 0) is 47.5 Å². The van der Waals surface area contributed by atoms with Gasteiger partial charge in [0.2, 0.25) is 0 Å².